The first-order chi connectivity index (χ1) is 13.3. The molecule has 1 N–H and O–H groups in total. The zero-order chi connectivity index (χ0) is 20.6. The first-order valence-corrected chi connectivity index (χ1v) is 9.26. The molecule has 2 aromatic heterocycles. The standard InChI is InChI=1S/C18H17FN4O4S/c1-4-11(17(25)26)28-15-12-14(22(2)18(27)23(3)16(12)24)20-13(21-15)9-7-5-6-8-10(9)19/h5-8,11H,4H2,1-3H3,(H,25,26)/t11-/m0/s1. The fourth-order valence-corrected chi connectivity index (χ4v) is 3.69. The normalized spacial score (nSPS) is 12.3. The minimum Gasteiger partial charge on any atom is -0.480 e. The third-order valence-electron chi connectivity index (χ3n) is 4.28. The molecule has 3 rings (SSSR count). The van der Waals surface area contributed by atoms with Crippen molar-refractivity contribution >= 4 is 28.8 Å². The highest BCUT2D eigenvalue weighted by molar-refractivity contribution is 8.00. The van der Waals surface area contributed by atoms with Gasteiger partial charge in [0.1, 0.15) is 21.5 Å². The Labute approximate surface area is 162 Å². The summed E-state index contributed by atoms with van der Waals surface area (Å²) in [4.78, 5) is 45.0. The number of aromatic nitrogens is 4. The molecule has 0 radical (unpaired) electrons. The molecule has 0 saturated carbocycles. The molecule has 0 saturated heterocycles. The molecule has 1 atom stereocenters. The van der Waals surface area contributed by atoms with Gasteiger partial charge in [-0.2, -0.15) is 0 Å². The van der Waals surface area contributed by atoms with Crippen LogP contribution in [0.3, 0.4) is 0 Å². The van der Waals surface area contributed by atoms with Gasteiger partial charge in [0, 0.05) is 14.1 Å². The van der Waals surface area contributed by atoms with Crippen LogP contribution in [0.15, 0.2) is 38.9 Å². The van der Waals surface area contributed by atoms with Gasteiger partial charge in [0.15, 0.2) is 11.5 Å². The van der Waals surface area contributed by atoms with Gasteiger partial charge in [0.25, 0.3) is 5.56 Å². The second kappa shape index (κ2) is 7.55. The summed E-state index contributed by atoms with van der Waals surface area (Å²) in [5.41, 5.74) is -1.13. The van der Waals surface area contributed by atoms with Gasteiger partial charge in [-0.05, 0) is 18.6 Å². The first-order valence-electron chi connectivity index (χ1n) is 8.38. The number of aliphatic carboxylic acids is 1. The van der Waals surface area contributed by atoms with Gasteiger partial charge in [-0.25, -0.2) is 19.2 Å². The lowest BCUT2D eigenvalue weighted by atomic mass is 10.2. The molecule has 0 amide bonds. The topological polar surface area (TPSA) is 107 Å². The Bertz CT molecular complexity index is 1200. The number of fused-ring (bicyclic) bond motifs is 1. The van der Waals surface area contributed by atoms with Gasteiger partial charge >= 0.3 is 11.7 Å². The summed E-state index contributed by atoms with van der Waals surface area (Å²) < 4.78 is 16.3. The van der Waals surface area contributed by atoms with E-state index in [-0.39, 0.29) is 33.9 Å². The molecule has 0 bridgehead atoms. The molecule has 0 aliphatic heterocycles. The van der Waals surface area contributed by atoms with Crippen molar-refractivity contribution in [3.8, 4) is 11.4 Å². The maximum atomic E-state index is 14.3. The molecule has 3 aromatic rings. The first kappa shape index (κ1) is 19.7. The fourth-order valence-electron chi connectivity index (χ4n) is 2.72. The summed E-state index contributed by atoms with van der Waals surface area (Å²) in [6.07, 6.45) is 0.284. The van der Waals surface area contributed by atoms with Gasteiger partial charge < -0.3 is 5.11 Å². The smallest absolute Gasteiger partial charge is 0.332 e. The summed E-state index contributed by atoms with van der Waals surface area (Å²) in [5.74, 6) is -1.66. The van der Waals surface area contributed by atoms with Crippen molar-refractivity contribution in [3.63, 3.8) is 0 Å². The molecule has 146 valence electrons. The summed E-state index contributed by atoms with van der Waals surface area (Å²) >= 11 is 0.877. The number of aryl methyl sites for hydroxylation is 1. The molecule has 0 unspecified atom stereocenters. The minimum atomic E-state index is -1.06. The van der Waals surface area contributed by atoms with Crippen molar-refractivity contribution in [1.82, 2.24) is 19.1 Å². The van der Waals surface area contributed by atoms with Crippen molar-refractivity contribution < 1.29 is 14.3 Å². The Morgan fingerprint density at radius 3 is 2.50 bits per heavy atom. The van der Waals surface area contributed by atoms with Crippen LogP contribution in [0.2, 0.25) is 0 Å². The lowest BCUT2D eigenvalue weighted by Gasteiger charge is -2.14. The van der Waals surface area contributed by atoms with Crippen molar-refractivity contribution in [2.24, 2.45) is 14.1 Å². The number of carboxylic acids is 1. The van der Waals surface area contributed by atoms with E-state index in [9.17, 15) is 23.9 Å². The third-order valence-corrected chi connectivity index (χ3v) is 5.62. The Morgan fingerprint density at radius 2 is 1.89 bits per heavy atom. The Balaban J connectivity index is 2.41. The van der Waals surface area contributed by atoms with Crippen LogP contribution < -0.4 is 11.2 Å². The van der Waals surface area contributed by atoms with Crippen molar-refractivity contribution in [1.29, 1.82) is 0 Å². The molecule has 0 aliphatic rings. The largest absolute Gasteiger partial charge is 0.480 e. The Hall–Kier alpha value is -3.01. The third kappa shape index (κ3) is 3.31. The van der Waals surface area contributed by atoms with E-state index >= 15 is 0 Å². The summed E-state index contributed by atoms with van der Waals surface area (Å²) in [6, 6.07) is 5.83. The minimum absolute atomic E-state index is 0.0177. The van der Waals surface area contributed by atoms with Crippen molar-refractivity contribution in [2.45, 2.75) is 23.6 Å². The van der Waals surface area contributed by atoms with E-state index in [4.69, 9.17) is 0 Å². The zero-order valence-corrected chi connectivity index (χ0v) is 16.2. The number of nitrogens with zero attached hydrogens (tertiary/aromatic N) is 4. The predicted octanol–water partition coefficient (Wildman–Crippen LogP) is 1.79. The maximum Gasteiger partial charge on any atom is 0.332 e. The molecule has 1 aromatic carbocycles. The number of hydrogen-bond donors (Lipinski definition) is 1. The number of carbonyl (C=O) groups is 1. The number of rotatable bonds is 5. The lowest BCUT2D eigenvalue weighted by Crippen LogP contribution is -2.37. The Morgan fingerprint density at radius 1 is 1.21 bits per heavy atom. The highest BCUT2D eigenvalue weighted by atomic mass is 32.2. The van der Waals surface area contributed by atoms with E-state index in [1.807, 2.05) is 0 Å². The second-order valence-corrected chi connectivity index (χ2v) is 7.28. The average Bonchev–Trinajstić information content (AvgIpc) is 2.68. The molecule has 28 heavy (non-hydrogen) atoms. The van der Waals surface area contributed by atoms with Crippen LogP contribution in [0.1, 0.15) is 13.3 Å². The SMILES string of the molecule is CC[C@H](Sc1nc(-c2ccccc2F)nc2c1c(=O)n(C)c(=O)n2C)C(=O)O. The molecule has 0 aliphatic carbocycles. The van der Waals surface area contributed by atoms with E-state index in [1.54, 1.807) is 13.0 Å². The van der Waals surface area contributed by atoms with Gasteiger partial charge in [-0.3, -0.25) is 18.7 Å². The van der Waals surface area contributed by atoms with E-state index in [2.05, 4.69) is 9.97 Å². The Kier molecular flexibility index (Phi) is 5.32. The van der Waals surface area contributed by atoms with E-state index < -0.39 is 28.3 Å². The maximum absolute atomic E-state index is 14.3. The predicted molar refractivity (Wildman–Crippen MR) is 103 cm³/mol. The molecular formula is C18H17FN4O4S. The van der Waals surface area contributed by atoms with Crippen molar-refractivity contribution in [2.75, 3.05) is 0 Å². The number of hydrogen-bond acceptors (Lipinski definition) is 6. The average molecular weight is 404 g/mol. The zero-order valence-electron chi connectivity index (χ0n) is 15.3. The van der Waals surface area contributed by atoms with Crippen molar-refractivity contribution in [3.05, 3.63) is 50.9 Å². The molecule has 10 heteroatoms. The summed E-state index contributed by atoms with van der Waals surface area (Å²) in [6.45, 7) is 1.70. The second-order valence-electron chi connectivity index (χ2n) is 6.09. The molecule has 2 heterocycles. The van der Waals surface area contributed by atoms with Gasteiger partial charge in [-0.15, -0.1) is 0 Å². The molecule has 0 fully saturated rings. The highest BCUT2D eigenvalue weighted by Gasteiger charge is 2.24. The highest BCUT2D eigenvalue weighted by Crippen LogP contribution is 2.30. The van der Waals surface area contributed by atoms with Crippen LogP contribution in [0.4, 0.5) is 4.39 Å². The van der Waals surface area contributed by atoms with Crippen LogP contribution in [-0.2, 0) is 18.9 Å². The van der Waals surface area contributed by atoms with Gasteiger partial charge in [0.05, 0.1) is 5.56 Å². The van der Waals surface area contributed by atoms with Gasteiger partial charge in [0.2, 0.25) is 0 Å². The quantitative estimate of drug-likeness (QED) is 0.510. The van der Waals surface area contributed by atoms with Gasteiger partial charge in [-0.1, -0.05) is 30.8 Å². The molecule has 0 spiro atoms. The lowest BCUT2D eigenvalue weighted by molar-refractivity contribution is -0.136. The number of thioether (sulfide) groups is 1. The monoisotopic (exact) mass is 404 g/mol. The summed E-state index contributed by atoms with van der Waals surface area (Å²) in [5, 5.41) is 8.64. The summed E-state index contributed by atoms with van der Waals surface area (Å²) in [7, 11) is 2.75. The van der Waals surface area contributed by atoms with Crippen LogP contribution >= 0.6 is 11.8 Å². The van der Waals surface area contributed by atoms with Crippen LogP contribution in [0.25, 0.3) is 22.4 Å². The molecular weight excluding hydrogens is 387 g/mol. The number of benzene rings is 1. The van der Waals surface area contributed by atoms with Crippen LogP contribution in [0.5, 0.6) is 0 Å². The van der Waals surface area contributed by atoms with E-state index in [0.717, 1.165) is 20.9 Å². The number of halogens is 1. The van der Waals surface area contributed by atoms with Crippen LogP contribution in [-0.4, -0.2) is 35.4 Å². The van der Waals surface area contributed by atoms with E-state index in [0.29, 0.717) is 0 Å². The number of carboxylic acid groups (broad SMARTS) is 1. The molecule has 8 nitrogen and oxygen atoms in total. The van der Waals surface area contributed by atoms with Crippen LogP contribution in [0, 0.1) is 5.82 Å². The fraction of sp³-hybridized carbons (Fsp3) is 0.278. The van der Waals surface area contributed by atoms with E-state index in [1.165, 1.54) is 32.3 Å².